The van der Waals surface area contributed by atoms with E-state index in [2.05, 4.69) is 23.1 Å². The summed E-state index contributed by atoms with van der Waals surface area (Å²) in [6, 6.07) is 6.53. The van der Waals surface area contributed by atoms with E-state index in [0.717, 1.165) is 51.1 Å². The average molecular weight is 273 g/mol. The number of benzene rings is 1. The van der Waals surface area contributed by atoms with Crippen LogP contribution in [0.1, 0.15) is 30.4 Å². The van der Waals surface area contributed by atoms with Crippen molar-refractivity contribution < 1.29 is 9.84 Å². The summed E-state index contributed by atoms with van der Waals surface area (Å²) >= 11 is 0. The van der Waals surface area contributed by atoms with Crippen molar-refractivity contribution in [3.63, 3.8) is 0 Å². The van der Waals surface area contributed by atoms with Gasteiger partial charge in [-0.3, -0.25) is 0 Å². The second-order valence-electron chi connectivity index (χ2n) is 6.68. The molecule has 0 aliphatic carbocycles. The fourth-order valence-corrected chi connectivity index (χ4v) is 4.12. The Hall–Kier alpha value is -1.06. The Labute approximate surface area is 120 Å². The second-order valence-corrected chi connectivity index (χ2v) is 6.68. The first kappa shape index (κ1) is 12.7. The number of rotatable bonds is 3. The lowest BCUT2D eigenvalue weighted by atomic mass is 9.78. The monoisotopic (exact) mass is 273 g/mol. The highest BCUT2D eigenvalue weighted by Gasteiger charge is 2.44. The number of hydrogen-bond acceptors (Lipinski definition) is 3. The molecule has 3 heterocycles. The zero-order valence-corrected chi connectivity index (χ0v) is 12.0. The van der Waals surface area contributed by atoms with Gasteiger partial charge in [-0.15, -0.1) is 0 Å². The SMILES string of the molecule is OC1(CCc2ccc3c(c2)CCO3)CCN2CCC1C2. The van der Waals surface area contributed by atoms with E-state index in [4.69, 9.17) is 4.74 Å². The highest BCUT2D eigenvalue weighted by Crippen LogP contribution is 2.38. The number of hydrogen-bond donors (Lipinski definition) is 1. The second kappa shape index (κ2) is 4.74. The van der Waals surface area contributed by atoms with Crippen LogP contribution in [-0.2, 0) is 12.8 Å². The van der Waals surface area contributed by atoms with Crippen LogP contribution in [-0.4, -0.2) is 41.8 Å². The summed E-state index contributed by atoms with van der Waals surface area (Å²) in [5.41, 5.74) is 2.26. The van der Waals surface area contributed by atoms with Gasteiger partial charge in [-0.05, 0) is 49.4 Å². The maximum absolute atomic E-state index is 11.0. The lowest BCUT2D eigenvalue weighted by Crippen LogP contribution is -2.46. The first-order chi connectivity index (χ1) is 9.73. The van der Waals surface area contributed by atoms with E-state index in [0.29, 0.717) is 5.92 Å². The molecule has 0 saturated carbocycles. The van der Waals surface area contributed by atoms with E-state index in [1.165, 1.54) is 24.1 Å². The van der Waals surface area contributed by atoms with Gasteiger partial charge in [0.15, 0.2) is 0 Å². The number of aliphatic hydroxyl groups is 1. The van der Waals surface area contributed by atoms with Crippen molar-refractivity contribution in [3.8, 4) is 5.75 Å². The van der Waals surface area contributed by atoms with Gasteiger partial charge in [-0.25, -0.2) is 0 Å². The van der Waals surface area contributed by atoms with Gasteiger partial charge in [0.2, 0.25) is 0 Å². The quantitative estimate of drug-likeness (QED) is 0.914. The Bertz CT molecular complexity index is 516. The molecule has 0 radical (unpaired) electrons. The minimum absolute atomic E-state index is 0.428. The van der Waals surface area contributed by atoms with Crippen LogP contribution >= 0.6 is 0 Å². The molecule has 3 atom stereocenters. The van der Waals surface area contributed by atoms with Crippen molar-refractivity contribution in [3.05, 3.63) is 29.3 Å². The van der Waals surface area contributed by atoms with Gasteiger partial charge in [0.1, 0.15) is 5.75 Å². The molecule has 2 saturated heterocycles. The Morgan fingerprint density at radius 1 is 1.35 bits per heavy atom. The largest absolute Gasteiger partial charge is 0.493 e. The Morgan fingerprint density at radius 3 is 3.25 bits per heavy atom. The van der Waals surface area contributed by atoms with Crippen molar-refractivity contribution in [1.82, 2.24) is 4.90 Å². The Balaban J connectivity index is 1.44. The van der Waals surface area contributed by atoms with Crippen LogP contribution in [0.5, 0.6) is 5.75 Å². The fraction of sp³-hybridized carbons (Fsp3) is 0.647. The molecule has 2 bridgehead atoms. The summed E-state index contributed by atoms with van der Waals surface area (Å²) in [4.78, 5) is 2.49. The number of fused-ring (bicyclic) bond motifs is 3. The van der Waals surface area contributed by atoms with E-state index in [1.54, 1.807) is 0 Å². The molecule has 1 N–H and O–H groups in total. The molecular formula is C17H23NO2. The lowest BCUT2D eigenvalue weighted by molar-refractivity contribution is -0.0506. The van der Waals surface area contributed by atoms with Crippen molar-refractivity contribution in [2.45, 2.75) is 37.7 Å². The third-order valence-electron chi connectivity index (χ3n) is 5.49. The van der Waals surface area contributed by atoms with Crippen LogP contribution in [0.3, 0.4) is 0 Å². The highest BCUT2D eigenvalue weighted by molar-refractivity contribution is 5.39. The molecule has 1 aromatic carbocycles. The zero-order chi connectivity index (χ0) is 13.6. The van der Waals surface area contributed by atoms with E-state index >= 15 is 0 Å². The number of ether oxygens (including phenoxy) is 1. The maximum Gasteiger partial charge on any atom is 0.122 e. The molecule has 4 rings (SSSR count). The minimum Gasteiger partial charge on any atom is -0.493 e. The van der Waals surface area contributed by atoms with E-state index in [-0.39, 0.29) is 0 Å². The number of piperidine rings is 1. The summed E-state index contributed by atoms with van der Waals surface area (Å²) in [5.74, 6) is 1.55. The number of aryl methyl sites for hydroxylation is 1. The smallest absolute Gasteiger partial charge is 0.122 e. The van der Waals surface area contributed by atoms with Gasteiger partial charge in [0.25, 0.3) is 0 Å². The van der Waals surface area contributed by atoms with Crippen LogP contribution in [0.2, 0.25) is 0 Å². The summed E-state index contributed by atoms with van der Waals surface area (Å²) in [6.07, 6.45) is 5.05. The first-order valence-corrected chi connectivity index (χ1v) is 7.92. The highest BCUT2D eigenvalue weighted by atomic mass is 16.5. The van der Waals surface area contributed by atoms with E-state index in [9.17, 15) is 5.11 Å². The molecule has 3 heteroatoms. The molecule has 3 unspecified atom stereocenters. The fourth-order valence-electron chi connectivity index (χ4n) is 4.12. The van der Waals surface area contributed by atoms with Crippen molar-refractivity contribution in [1.29, 1.82) is 0 Å². The van der Waals surface area contributed by atoms with Crippen LogP contribution in [0.15, 0.2) is 18.2 Å². The summed E-state index contributed by atoms with van der Waals surface area (Å²) < 4.78 is 5.55. The van der Waals surface area contributed by atoms with Crippen LogP contribution in [0.25, 0.3) is 0 Å². The van der Waals surface area contributed by atoms with Crippen LogP contribution in [0, 0.1) is 5.92 Å². The molecule has 0 amide bonds. The van der Waals surface area contributed by atoms with Gasteiger partial charge in [-0.2, -0.15) is 0 Å². The third-order valence-corrected chi connectivity index (χ3v) is 5.49. The van der Waals surface area contributed by atoms with Crippen molar-refractivity contribution in [2.75, 3.05) is 26.2 Å². The van der Waals surface area contributed by atoms with E-state index in [1.807, 2.05) is 0 Å². The predicted molar refractivity (Wildman–Crippen MR) is 78.1 cm³/mol. The standard InChI is InChI=1S/C17H23NO2/c19-17(7-9-18-8-4-15(17)12-18)6-3-13-1-2-16-14(11-13)5-10-20-16/h1-2,11,15,19H,3-10,12H2. The topological polar surface area (TPSA) is 32.7 Å². The molecule has 0 spiro atoms. The predicted octanol–water partition coefficient (Wildman–Crippen LogP) is 2.01. The molecule has 1 aromatic rings. The molecule has 3 aliphatic heterocycles. The average Bonchev–Trinajstić information content (AvgIpc) is 3.09. The molecule has 3 aliphatic rings. The molecule has 108 valence electrons. The van der Waals surface area contributed by atoms with Crippen molar-refractivity contribution in [2.24, 2.45) is 5.92 Å². The normalized spacial score (nSPS) is 34.9. The third kappa shape index (κ3) is 2.13. The van der Waals surface area contributed by atoms with Gasteiger partial charge in [0.05, 0.1) is 12.2 Å². The molecule has 2 fully saturated rings. The number of nitrogens with zero attached hydrogens (tertiary/aromatic N) is 1. The van der Waals surface area contributed by atoms with Crippen LogP contribution < -0.4 is 4.74 Å². The Morgan fingerprint density at radius 2 is 2.30 bits per heavy atom. The summed E-state index contributed by atoms with van der Waals surface area (Å²) in [6.45, 7) is 4.18. The molecule has 0 aromatic heterocycles. The zero-order valence-electron chi connectivity index (χ0n) is 12.0. The van der Waals surface area contributed by atoms with Gasteiger partial charge >= 0.3 is 0 Å². The molecular weight excluding hydrogens is 250 g/mol. The Kier molecular flexibility index (Phi) is 3.00. The van der Waals surface area contributed by atoms with Gasteiger partial charge < -0.3 is 14.7 Å². The maximum atomic E-state index is 11.0. The molecule has 3 nitrogen and oxygen atoms in total. The van der Waals surface area contributed by atoms with Crippen LogP contribution in [0.4, 0.5) is 0 Å². The minimum atomic E-state index is -0.428. The van der Waals surface area contributed by atoms with E-state index < -0.39 is 5.60 Å². The first-order valence-electron chi connectivity index (χ1n) is 7.92. The summed E-state index contributed by atoms with van der Waals surface area (Å²) in [7, 11) is 0. The van der Waals surface area contributed by atoms with Crippen molar-refractivity contribution >= 4 is 0 Å². The van der Waals surface area contributed by atoms with Gasteiger partial charge in [0, 0.05) is 25.4 Å². The van der Waals surface area contributed by atoms with Gasteiger partial charge in [-0.1, -0.05) is 12.1 Å². The molecule has 20 heavy (non-hydrogen) atoms. The lowest BCUT2D eigenvalue weighted by Gasteiger charge is -2.39. The summed E-state index contributed by atoms with van der Waals surface area (Å²) in [5, 5.41) is 11.0.